The van der Waals surface area contributed by atoms with Crippen LogP contribution in [-0.2, 0) is 0 Å². The molecule has 0 bridgehead atoms. The van der Waals surface area contributed by atoms with Gasteiger partial charge < -0.3 is 15.1 Å². The number of hydrogen-bond acceptors (Lipinski definition) is 4. The maximum Gasteiger partial charge on any atom is 0.186 e. The largest absolute Gasteiger partial charge is 0.363 e. The molecule has 0 amide bonds. The summed E-state index contributed by atoms with van der Waals surface area (Å²) in [5, 5.41) is 5.50. The molecule has 2 aromatic rings. The Morgan fingerprint density at radius 3 is 2.58 bits per heavy atom. The van der Waals surface area contributed by atoms with Crippen LogP contribution in [-0.4, -0.2) is 47.7 Å². The van der Waals surface area contributed by atoms with Crippen LogP contribution >= 0.6 is 23.6 Å². The fraction of sp³-hybridized carbons (Fsp3) is 0.600. The van der Waals surface area contributed by atoms with Crippen LogP contribution in [0.15, 0.2) is 24.3 Å². The second-order valence-electron chi connectivity index (χ2n) is 6.94. The Morgan fingerprint density at radius 1 is 1.08 bits per heavy atom. The fourth-order valence-electron chi connectivity index (χ4n) is 3.31. The third kappa shape index (κ3) is 5.30. The maximum absolute atomic E-state index is 5.58. The Labute approximate surface area is 166 Å². The lowest BCUT2D eigenvalue weighted by Gasteiger charge is -2.36. The molecule has 1 N–H and O–H groups in total. The number of hydrogen-bond donors (Lipinski definition) is 1. The zero-order valence-electron chi connectivity index (χ0n) is 15.7. The molecule has 2 heterocycles. The van der Waals surface area contributed by atoms with Crippen molar-refractivity contribution in [3.63, 3.8) is 0 Å². The van der Waals surface area contributed by atoms with Crippen LogP contribution in [0.4, 0.5) is 5.13 Å². The topological polar surface area (TPSA) is 31.4 Å². The average Bonchev–Trinajstić information content (AvgIpc) is 3.11. The van der Waals surface area contributed by atoms with E-state index in [9.17, 15) is 0 Å². The normalized spacial score (nSPS) is 14.8. The van der Waals surface area contributed by atoms with Crippen LogP contribution in [0.1, 0.15) is 45.4 Å². The first-order valence-electron chi connectivity index (χ1n) is 9.91. The van der Waals surface area contributed by atoms with Crippen LogP contribution in [0.2, 0.25) is 0 Å². The van der Waals surface area contributed by atoms with Crippen molar-refractivity contribution in [2.75, 3.05) is 37.6 Å². The predicted molar refractivity (Wildman–Crippen MR) is 117 cm³/mol. The van der Waals surface area contributed by atoms with Gasteiger partial charge in [0.2, 0.25) is 0 Å². The van der Waals surface area contributed by atoms with Crippen LogP contribution in [0, 0.1) is 0 Å². The van der Waals surface area contributed by atoms with Crippen molar-refractivity contribution < 1.29 is 0 Å². The number of thiazole rings is 1. The number of nitrogens with one attached hydrogen (secondary N) is 1. The number of anilines is 1. The van der Waals surface area contributed by atoms with Gasteiger partial charge in [0.05, 0.1) is 10.2 Å². The van der Waals surface area contributed by atoms with Gasteiger partial charge in [-0.1, -0.05) is 62.5 Å². The van der Waals surface area contributed by atoms with Gasteiger partial charge in [0.15, 0.2) is 10.2 Å². The number of aromatic nitrogens is 1. The van der Waals surface area contributed by atoms with E-state index in [0.29, 0.717) is 0 Å². The molecule has 1 aliphatic heterocycles. The molecule has 1 saturated heterocycles. The molecule has 3 rings (SSSR count). The van der Waals surface area contributed by atoms with Gasteiger partial charge in [-0.15, -0.1) is 0 Å². The minimum atomic E-state index is 0.919. The van der Waals surface area contributed by atoms with Crippen LogP contribution < -0.4 is 10.2 Å². The quantitative estimate of drug-likeness (QED) is 0.524. The number of piperazine rings is 1. The summed E-state index contributed by atoms with van der Waals surface area (Å²) in [4.78, 5) is 9.46. The van der Waals surface area contributed by atoms with Crippen molar-refractivity contribution in [2.45, 2.75) is 45.4 Å². The second-order valence-corrected chi connectivity index (χ2v) is 8.33. The number of nitrogens with zero attached hydrogens (tertiary/aromatic N) is 3. The SMILES string of the molecule is CCCCCCCCNC(=S)N1CCN(c2nc3ccccc3s2)CC1. The number of rotatable bonds is 8. The Balaban J connectivity index is 1.37. The number of thiocarbonyl (C=S) groups is 1. The van der Waals surface area contributed by atoms with E-state index in [1.54, 1.807) is 11.3 Å². The number of fused-ring (bicyclic) bond motifs is 1. The fourth-order valence-corrected chi connectivity index (χ4v) is 4.61. The average molecular weight is 391 g/mol. The van der Waals surface area contributed by atoms with Gasteiger partial charge in [0.1, 0.15) is 0 Å². The lowest BCUT2D eigenvalue weighted by molar-refractivity contribution is 0.379. The highest BCUT2D eigenvalue weighted by Crippen LogP contribution is 2.29. The van der Waals surface area contributed by atoms with Crippen molar-refractivity contribution in [3.8, 4) is 0 Å². The van der Waals surface area contributed by atoms with E-state index in [-0.39, 0.29) is 0 Å². The minimum absolute atomic E-state index is 0.919. The zero-order chi connectivity index (χ0) is 18.2. The van der Waals surface area contributed by atoms with Gasteiger partial charge in [-0.25, -0.2) is 4.98 Å². The molecular formula is C20H30N4S2. The molecule has 1 fully saturated rings. The van der Waals surface area contributed by atoms with Crippen molar-refractivity contribution in [1.82, 2.24) is 15.2 Å². The summed E-state index contributed by atoms with van der Waals surface area (Å²) in [5.41, 5.74) is 1.10. The lowest BCUT2D eigenvalue weighted by Crippen LogP contribution is -2.51. The third-order valence-corrected chi connectivity index (χ3v) is 6.43. The molecule has 4 nitrogen and oxygen atoms in total. The number of unbranched alkanes of at least 4 members (excludes halogenated alkanes) is 5. The van der Waals surface area contributed by atoms with Crippen molar-refractivity contribution in [2.24, 2.45) is 0 Å². The smallest absolute Gasteiger partial charge is 0.186 e. The van der Waals surface area contributed by atoms with E-state index in [4.69, 9.17) is 17.2 Å². The molecular weight excluding hydrogens is 360 g/mol. The molecule has 0 spiro atoms. The van der Waals surface area contributed by atoms with E-state index >= 15 is 0 Å². The minimum Gasteiger partial charge on any atom is -0.363 e. The molecule has 1 aromatic heterocycles. The molecule has 0 aliphatic carbocycles. The molecule has 0 unspecified atom stereocenters. The second kappa shape index (κ2) is 10.1. The van der Waals surface area contributed by atoms with E-state index in [0.717, 1.165) is 48.5 Å². The summed E-state index contributed by atoms with van der Waals surface area (Å²) >= 11 is 7.37. The summed E-state index contributed by atoms with van der Waals surface area (Å²) in [6.45, 7) is 7.17. The molecule has 26 heavy (non-hydrogen) atoms. The van der Waals surface area contributed by atoms with Gasteiger partial charge in [0, 0.05) is 32.7 Å². The molecule has 0 atom stereocenters. The standard InChI is InChI=1S/C20H30N4S2/c1-2-3-4-5-6-9-12-21-19(25)23-13-15-24(16-14-23)20-22-17-10-7-8-11-18(17)26-20/h7-8,10-11H,2-6,9,12-16H2,1H3,(H,21,25). The van der Waals surface area contributed by atoms with Crippen molar-refractivity contribution in [1.29, 1.82) is 0 Å². The van der Waals surface area contributed by atoms with E-state index in [2.05, 4.69) is 46.3 Å². The van der Waals surface area contributed by atoms with Gasteiger partial charge in [-0.2, -0.15) is 0 Å². The van der Waals surface area contributed by atoms with Gasteiger partial charge in [0.25, 0.3) is 0 Å². The highest BCUT2D eigenvalue weighted by Gasteiger charge is 2.21. The van der Waals surface area contributed by atoms with E-state index in [1.165, 1.54) is 43.2 Å². The molecule has 0 radical (unpaired) electrons. The highest BCUT2D eigenvalue weighted by atomic mass is 32.1. The summed E-state index contributed by atoms with van der Waals surface area (Å²) in [6, 6.07) is 8.37. The van der Waals surface area contributed by atoms with Gasteiger partial charge in [-0.05, 0) is 30.8 Å². The summed E-state index contributed by atoms with van der Waals surface area (Å²) in [6.07, 6.45) is 7.92. The van der Waals surface area contributed by atoms with Crippen molar-refractivity contribution >= 4 is 44.0 Å². The van der Waals surface area contributed by atoms with Gasteiger partial charge in [-0.3, -0.25) is 0 Å². The first-order chi connectivity index (χ1) is 12.8. The van der Waals surface area contributed by atoms with E-state index in [1.807, 2.05) is 0 Å². The van der Waals surface area contributed by atoms with Gasteiger partial charge >= 0.3 is 0 Å². The summed E-state index contributed by atoms with van der Waals surface area (Å²) < 4.78 is 1.26. The Morgan fingerprint density at radius 2 is 1.81 bits per heavy atom. The Hall–Kier alpha value is -1.40. The van der Waals surface area contributed by atoms with Crippen LogP contribution in [0.3, 0.4) is 0 Å². The lowest BCUT2D eigenvalue weighted by atomic mass is 10.1. The highest BCUT2D eigenvalue weighted by molar-refractivity contribution is 7.80. The van der Waals surface area contributed by atoms with Crippen LogP contribution in [0.5, 0.6) is 0 Å². The maximum atomic E-state index is 5.58. The molecule has 1 aliphatic rings. The summed E-state index contributed by atoms with van der Waals surface area (Å²) in [5.74, 6) is 0. The predicted octanol–water partition coefficient (Wildman–Crippen LogP) is 4.65. The monoisotopic (exact) mass is 390 g/mol. The molecule has 6 heteroatoms. The zero-order valence-corrected chi connectivity index (χ0v) is 17.4. The van der Waals surface area contributed by atoms with E-state index < -0.39 is 0 Å². The first kappa shape index (κ1) is 19.4. The van der Waals surface area contributed by atoms with Crippen molar-refractivity contribution in [3.05, 3.63) is 24.3 Å². The Bertz CT molecular complexity index is 659. The Kier molecular flexibility index (Phi) is 7.50. The number of benzene rings is 1. The molecule has 1 aromatic carbocycles. The van der Waals surface area contributed by atoms with Crippen LogP contribution in [0.25, 0.3) is 10.2 Å². The third-order valence-electron chi connectivity index (χ3n) is 4.93. The first-order valence-corrected chi connectivity index (χ1v) is 11.1. The molecule has 142 valence electrons. The molecule has 0 saturated carbocycles. The summed E-state index contributed by atoms with van der Waals surface area (Å²) in [7, 11) is 0. The number of para-hydroxylation sites is 1.